The third kappa shape index (κ3) is 3.42. The van der Waals surface area contributed by atoms with Crippen molar-refractivity contribution in [1.29, 1.82) is 0 Å². The summed E-state index contributed by atoms with van der Waals surface area (Å²) < 4.78 is 3.48. The topological polar surface area (TPSA) is 80.9 Å². The summed E-state index contributed by atoms with van der Waals surface area (Å²) >= 11 is 5.64. The fraction of sp³-hybridized carbons (Fsp3) is 0.385. The van der Waals surface area contributed by atoms with E-state index >= 15 is 0 Å². The lowest BCUT2D eigenvalue weighted by molar-refractivity contribution is -0.149. The lowest BCUT2D eigenvalue weighted by atomic mass is 9.88. The highest BCUT2D eigenvalue weighted by Gasteiger charge is 2.33. The van der Waals surface area contributed by atoms with Crippen molar-refractivity contribution < 1.29 is 9.90 Å². The van der Waals surface area contributed by atoms with Gasteiger partial charge in [0.15, 0.2) is 5.82 Å². The molecule has 0 amide bonds. The van der Waals surface area contributed by atoms with E-state index in [1.807, 2.05) is 25.1 Å². The van der Waals surface area contributed by atoms with E-state index in [0.29, 0.717) is 12.2 Å². The van der Waals surface area contributed by atoms with Crippen molar-refractivity contribution in [3.8, 4) is 11.4 Å². The Kier molecular flexibility index (Phi) is 4.97. The molecule has 8 heteroatoms. The molecule has 0 saturated carbocycles. The number of carboxylic acids is 1. The van der Waals surface area contributed by atoms with E-state index in [0.717, 1.165) is 13.6 Å². The molecule has 0 bridgehead atoms. The zero-order valence-corrected chi connectivity index (χ0v) is 15.3. The van der Waals surface area contributed by atoms with Crippen LogP contribution >= 0.6 is 38.5 Å². The molecule has 0 spiro atoms. The van der Waals surface area contributed by atoms with Crippen LogP contribution < -0.4 is 0 Å². The minimum Gasteiger partial charge on any atom is -0.481 e. The average Bonchev–Trinajstić information content (AvgIpc) is 2.89. The van der Waals surface area contributed by atoms with Crippen molar-refractivity contribution in [3.05, 3.63) is 26.2 Å². The molecule has 1 heterocycles. The van der Waals surface area contributed by atoms with Crippen LogP contribution in [0.1, 0.15) is 20.3 Å². The minimum atomic E-state index is -0.901. The van der Waals surface area contributed by atoms with Crippen molar-refractivity contribution in [3.63, 3.8) is 0 Å². The smallest absolute Gasteiger partial charge is 0.311 e. The van der Waals surface area contributed by atoms with Gasteiger partial charge in [0.2, 0.25) is 0 Å². The number of tetrazole rings is 1. The van der Waals surface area contributed by atoms with Crippen LogP contribution in [0.4, 0.5) is 0 Å². The number of halogens is 2. The molecule has 1 N–H and O–H groups in total. The molecule has 0 fully saturated rings. The van der Waals surface area contributed by atoms with Gasteiger partial charge in [-0.1, -0.05) is 22.9 Å². The number of nitrogens with zero attached hydrogens (tertiary/aromatic N) is 4. The van der Waals surface area contributed by atoms with Gasteiger partial charge in [0.05, 0.1) is 12.0 Å². The van der Waals surface area contributed by atoms with Crippen LogP contribution in [0.15, 0.2) is 22.7 Å². The van der Waals surface area contributed by atoms with Crippen molar-refractivity contribution >= 4 is 44.5 Å². The maximum atomic E-state index is 11.5. The van der Waals surface area contributed by atoms with E-state index in [2.05, 4.69) is 54.0 Å². The van der Waals surface area contributed by atoms with Crippen molar-refractivity contribution in [2.24, 2.45) is 5.41 Å². The standard InChI is InChI=1S/C13H14BrIN4O2/c1-3-13(2,12(20)21)7-19-11(16-17-18-19)9-6-8(14)4-5-10(9)15/h4-6H,3,7H2,1-2H3,(H,20,21). The summed E-state index contributed by atoms with van der Waals surface area (Å²) in [5, 5.41) is 21.1. The highest BCUT2D eigenvalue weighted by molar-refractivity contribution is 14.1. The molecule has 0 saturated heterocycles. The molecule has 0 aliphatic rings. The lowest BCUT2D eigenvalue weighted by Crippen LogP contribution is -2.32. The van der Waals surface area contributed by atoms with Crippen LogP contribution in [0.5, 0.6) is 0 Å². The van der Waals surface area contributed by atoms with Crippen molar-refractivity contribution in [1.82, 2.24) is 20.2 Å². The van der Waals surface area contributed by atoms with Crippen LogP contribution in [0.25, 0.3) is 11.4 Å². The fourth-order valence-corrected chi connectivity index (χ4v) is 2.77. The largest absolute Gasteiger partial charge is 0.481 e. The SMILES string of the molecule is CCC(C)(Cn1nnnc1-c1cc(Br)ccc1I)C(=O)O. The van der Waals surface area contributed by atoms with Crippen molar-refractivity contribution in [2.75, 3.05) is 0 Å². The van der Waals surface area contributed by atoms with E-state index in [9.17, 15) is 9.90 Å². The monoisotopic (exact) mass is 464 g/mol. The first-order valence-electron chi connectivity index (χ1n) is 6.32. The second kappa shape index (κ2) is 6.39. The fourth-order valence-electron chi connectivity index (χ4n) is 1.83. The molecule has 1 atom stereocenters. The summed E-state index contributed by atoms with van der Waals surface area (Å²) in [6, 6.07) is 5.82. The van der Waals surface area contributed by atoms with Crippen LogP contribution in [0, 0.1) is 8.99 Å². The van der Waals surface area contributed by atoms with E-state index in [4.69, 9.17) is 0 Å². The van der Waals surface area contributed by atoms with Crippen LogP contribution in [-0.4, -0.2) is 31.3 Å². The first-order valence-corrected chi connectivity index (χ1v) is 8.19. The molecule has 1 aromatic carbocycles. The summed E-state index contributed by atoms with van der Waals surface area (Å²) in [6.07, 6.45) is 0.497. The molecule has 0 aliphatic heterocycles. The maximum absolute atomic E-state index is 11.5. The van der Waals surface area contributed by atoms with Gasteiger partial charge in [0, 0.05) is 13.6 Å². The summed E-state index contributed by atoms with van der Waals surface area (Å²) in [7, 11) is 0. The van der Waals surface area contributed by atoms with Crippen molar-refractivity contribution in [2.45, 2.75) is 26.8 Å². The van der Waals surface area contributed by atoms with Crippen LogP contribution in [0.2, 0.25) is 0 Å². The molecule has 1 unspecified atom stereocenters. The number of hydrogen-bond donors (Lipinski definition) is 1. The number of hydrogen-bond acceptors (Lipinski definition) is 4. The van der Waals surface area contributed by atoms with Gasteiger partial charge in [-0.05, 0) is 64.6 Å². The highest BCUT2D eigenvalue weighted by Crippen LogP contribution is 2.29. The third-order valence-corrected chi connectivity index (χ3v) is 4.93. The summed E-state index contributed by atoms with van der Waals surface area (Å²) in [4.78, 5) is 11.5. The summed E-state index contributed by atoms with van der Waals surface area (Å²) in [6.45, 7) is 3.78. The number of carboxylic acid groups (broad SMARTS) is 1. The van der Waals surface area contributed by atoms with Gasteiger partial charge in [0.25, 0.3) is 0 Å². The predicted octanol–water partition coefficient (Wildman–Crippen LogP) is 3.21. The van der Waals surface area contributed by atoms with E-state index < -0.39 is 11.4 Å². The Hall–Kier alpha value is -1.03. The van der Waals surface area contributed by atoms with Gasteiger partial charge in [-0.15, -0.1) is 5.10 Å². The zero-order chi connectivity index (χ0) is 15.6. The highest BCUT2D eigenvalue weighted by atomic mass is 127. The summed E-state index contributed by atoms with van der Waals surface area (Å²) in [5.41, 5.74) is -0.0273. The van der Waals surface area contributed by atoms with E-state index in [1.54, 1.807) is 11.6 Å². The second-order valence-electron chi connectivity index (χ2n) is 5.00. The Morgan fingerprint density at radius 1 is 1.52 bits per heavy atom. The first kappa shape index (κ1) is 16.3. The van der Waals surface area contributed by atoms with E-state index in [-0.39, 0.29) is 6.54 Å². The number of aromatic nitrogens is 4. The average molecular weight is 465 g/mol. The molecule has 1 aromatic heterocycles. The molecule has 2 rings (SSSR count). The molecular weight excluding hydrogens is 451 g/mol. The Morgan fingerprint density at radius 3 is 2.86 bits per heavy atom. The van der Waals surface area contributed by atoms with Gasteiger partial charge in [-0.3, -0.25) is 4.79 Å². The Balaban J connectivity index is 2.44. The van der Waals surface area contributed by atoms with Crippen LogP contribution in [0.3, 0.4) is 0 Å². The predicted molar refractivity (Wildman–Crippen MR) is 89.7 cm³/mol. The first-order chi connectivity index (χ1) is 9.87. The minimum absolute atomic E-state index is 0.226. The van der Waals surface area contributed by atoms with Gasteiger partial charge in [-0.25, -0.2) is 4.68 Å². The zero-order valence-electron chi connectivity index (χ0n) is 11.5. The van der Waals surface area contributed by atoms with Crippen LogP contribution in [-0.2, 0) is 11.3 Å². The Morgan fingerprint density at radius 2 is 2.24 bits per heavy atom. The molecule has 112 valence electrons. The van der Waals surface area contributed by atoms with E-state index in [1.165, 1.54) is 0 Å². The number of aliphatic carboxylic acids is 1. The molecule has 6 nitrogen and oxygen atoms in total. The van der Waals surface area contributed by atoms with Gasteiger partial charge < -0.3 is 5.11 Å². The maximum Gasteiger partial charge on any atom is 0.311 e. The quantitative estimate of drug-likeness (QED) is 0.687. The Bertz CT molecular complexity index is 676. The second-order valence-corrected chi connectivity index (χ2v) is 7.08. The normalized spacial score (nSPS) is 13.9. The summed E-state index contributed by atoms with van der Waals surface area (Å²) in [5.74, 6) is -0.281. The third-order valence-electron chi connectivity index (χ3n) is 3.50. The lowest BCUT2D eigenvalue weighted by Gasteiger charge is -2.23. The van der Waals surface area contributed by atoms with Gasteiger partial charge in [0.1, 0.15) is 0 Å². The molecular formula is C13H14BrIN4O2. The number of benzene rings is 1. The number of carbonyl (C=O) groups is 1. The molecule has 21 heavy (non-hydrogen) atoms. The molecule has 2 aromatic rings. The van der Waals surface area contributed by atoms with Gasteiger partial charge in [-0.2, -0.15) is 0 Å². The molecule has 0 radical (unpaired) electrons. The molecule has 0 aliphatic carbocycles. The Labute approximate surface area is 144 Å². The van der Waals surface area contributed by atoms with Gasteiger partial charge >= 0.3 is 5.97 Å². The number of rotatable bonds is 5.